The number of halogens is 2. The molecule has 2 fully saturated rings. The molecule has 1 saturated heterocycles. The number of anilines is 2. The fraction of sp³-hybridized carbons (Fsp3) is 0.348. The standard InChI is InChI=1S/C23H22Br2N2O5/c1-31-14-7-8-19(20(9-14)32-2)26-21(28)12-3-5-13(6-4-12)27-22(29)15-10-17(24)18(25)11-16(15)23(27)30/h3-9,15-18H,10-11H2,1-2H3,(H,26,28)/t15-,16-,17+,18+/m1/s1. The average Bonchev–Trinajstić information content (AvgIpc) is 3.03. The van der Waals surface area contributed by atoms with Gasteiger partial charge in [0.15, 0.2) is 0 Å². The summed E-state index contributed by atoms with van der Waals surface area (Å²) in [6.45, 7) is 0. The van der Waals surface area contributed by atoms with Gasteiger partial charge >= 0.3 is 0 Å². The summed E-state index contributed by atoms with van der Waals surface area (Å²) in [5.41, 5.74) is 1.37. The van der Waals surface area contributed by atoms with Crippen molar-refractivity contribution in [1.29, 1.82) is 0 Å². The topological polar surface area (TPSA) is 84.9 Å². The summed E-state index contributed by atoms with van der Waals surface area (Å²) in [6, 6.07) is 11.6. The molecule has 7 nitrogen and oxygen atoms in total. The highest BCUT2D eigenvalue weighted by molar-refractivity contribution is 9.12. The van der Waals surface area contributed by atoms with Gasteiger partial charge in [-0.15, -0.1) is 0 Å². The number of hydrogen-bond acceptors (Lipinski definition) is 5. The van der Waals surface area contributed by atoms with Gasteiger partial charge in [-0.2, -0.15) is 0 Å². The van der Waals surface area contributed by atoms with E-state index in [2.05, 4.69) is 37.2 Å². The molecule has 9 heteroatoms. The summed E-state index contributed by atoms with van der Waals surface area (Å²) in [4.78, 5) is 40.2. The van der Waals surface area contributed by atoms with Gasteiger partial charge in [-0.05, 0) is 49.2 Å². The molecule has 1 saturated carbocycles. The van der Waals surface area contributed by atoms with E-state index in [1.807, 2.05) is 0 Å². The van der Waals surface area contributed by atoms with Crippen LogP contribution in [0.25, 0.3) is 0 Å². The summed E-state index contributed by atoms with van der Waals surface area (Å²) in [6.07, 6.45) is 1.23. The van der Waals surface area contributed by atoms with Crippen LogP contribution in [0, 0.1) is 11.8 Å². The minimum absolute atomic E-state index is 0.154. The summed E-state index contributed by atoms with van der Waals surface area (Å²) in [5.74, 6) is -0.231. The lowest BCUT2D eigenvalue weighted by Crippen LogP contribution is -2.34. The number of hydrogen-bond donors (Lipinski definition) is 1. The number of nitrogens with zero attached hydrogens (tertiary/aromatic N) is 1. The van der Waals surface area contributed by atoms with Crippen LogP contribution in [0.2, 0.25) is 0 Å². The summed E-state index contributed by atoms with van der Waals surface area (Å²) < 4.78 is 10.5. The number of rotatable bonds is 5. The van der Waals surface area contributed by atoms with Crippen LogP contribution in [0.1, 0.15) is 23.2 Å². The second-order valence-electron chi connectivity index (χ2n) is 7.80. The van der Waals surface area contributed by atoms with Crippen LogP contribution in [0.4, 0.5) is 11.4 Å². The first-order valence-electron chi connectivity index (χ1n) is 10.1. The number of nitrogens with one attached hydrogen (secondary N) is 1. The minimum Gasteiger partial charge on any atom is -0.497 e. The zero-order valence-electron chi connectivity index (χ0n) is 17.5. The first-order chi connectivity index (χ1) is 15.3. The first-order valence-corrected chi connectivity index (χ1v) is 12.0. The molecule has 1 N–H and O–H groups in total. The molecule has 32 heavy (non-hydrogen) atoms. The van der Waals surface area contributed by atoms with E-state index >= 15 is 0 Å². The lowest BCUT2D eigenvalue weighted by atomic mass is 9.81. The molecule has 2 aromatic carbocycles. The van der Waals surface area contributed by atoms with E-state index in [9.17, 15) is 14.4 Å². The third-order valence-corrected chi connectivity index (χ3v) is 8.69. The fourth-order valence-corrected chi connectivity index (χ4v) is 5.44. The van der Waals surface area contributed by atoms with Crippen molar-refractivity contribution >= 4 is 61.0 Å². The van der Waals surface area contributed by atoms with Crippen molar-refractivity contribution in [2.75, 3.05) is 24.4 Å². The van der Waals surface area contributed by atoms with Crippen molar-refractivity contribution < 1.29 is 23.9 Å². The van der Waals surface area contributed by atoms with Crippen LogP contribution in [-0.4, -0.2) is 41.6 Å². The third kappa shape index (κ3) is 4.15. The van der Waals surface area contributed by atoms with Crippen molar-refractivity contribution in [3.63, 3.8) is 0 Å². The summed E-state index contributed by atoms with van der Waals surface area (Å²) in [5, 5.41) is 2.81. The van der Waals surface area contributed by atoms with E-state index in [4.69, 9.17) is 9.47 Å². The quantitative estimate of drug-likeness (QED) is 0.429. The maximum atomic E-state index is 13.0. The highest BCUT2D eigenvalue weighted by atomic mass is 79.9. The van der Waals surface area contributed by atoms with Gasteiger partial charge in [0, 0.05) is 21.3 Å². The zero-order chi connectivity index (χ0) is 23.0. The molecule has 1 aliphatic heterocycles. The van der Waals surface area contributed by atoms with Gasteiger partial charge in [0.1, 0.15) is 11.5 Å². The van der Waals surface area contributed by atoms with Gasteiger partial charge in [-0.25, -0.2) is 0 Å². The largest absolute Gasteiger partial charge is 0.497 e. The van der Waals surface area contributed by atoms with Gasteiger partial charge in [-0.3, -0.25) is 19.3 Å². The number of methoxy groups -OCH3 is 2. The van der Waals surface area contributed by atoms with Gasteiger partial charge in [-0.1, -0.05) is 31.9 Å². The van der Waals surface area contributed by atoms with Crippen LogP contribution in [-0.2, 0) is 9.59 Å². The van der Waals surface area contributed by atoms with E-state index < -0.39 is 0 Å². The molecule has 0 bridgehead atoms. The number of imide groups is 1. The Morgan fingerprint density at radius 3 is 2.06 bits per heavy atom. The van der Waals surface area contributed by atoms with E-state index in [0.717, 1.165) is 0 Å². The Morgan fingerprint density at radius 2 is 1.53 bits per heavy atom. The Hall–Kier alpha value is -2.39. The second kappa shape index (κ2) is 9.23. The van der Waals surface area contributed by atoms with Gasteiger partial charge in [0.2, 0.25) is 11.8 Å². The average molecular weight is 566 g/mol. The number of amides is 3. The monoisotopic (exact) mass is 564 g/mol. The molecule has 168 valence electrons. The first kappa shape index (κ1) is 22.8. The van der Waals surface area contributed by atoms with E-state index in [-0.39, 0.29) is 39.2 Å². The van der Waals surface area contributed by atoms with Crippen LogP contribution in [0.5, 0.6) is 11.5 Å². The Bertz CT molecular complexity index is 1030. The van der Waals surface area contributed by atoms with Crippen molar-refractivity contribution in [2.45, 2.75) is 22.5 Å². The lowest BCUT2D eigenvalue weighted by Gasteiger charge is -2.29. The normalized spacial score (nSPS) is 24.8. The van der Waals surface area contributed by atoms with Crippen LogP contribution < -0.4 is 19.7 Å². The Labute approximate surface area is 202 Å². The molecule has 2 aromatic rings. The predicted molar refractivity (Wildman–Crippen MR) is 128 cm³/mol. The van der Waals surface area contributed by atoms with E-state index in [1.165, 1.54) is 12.0 Å². The molecule has 2 aliphatic rings. The van der Waals surface area contributed by atoms with Crippen molar-refractivity contribution in [1.82, 2.24) is 0 Å². The number of carbonyl (C=O) groups is 3. The molecule has 3 amide bonds. The third-order valence-electron chi connectivity index (χ3n) is 5.96. The smallest absolute Gasteiger partial charge is 0.255 e. The lowest BCUT2D eigenvalue weighted by molar-refractivity contribution is -0.122. The molecule has 0 aromatic heterocycles. The van der Waals surface area contributed by atoms with Gasteiger partial charge < -0.3 is 14.8 Å². The molecule has 4 rings (SSSR count). The minimum atomic E-state index is -0.336. The Kier molecular flexibility index (Phi) is 6.57. The van der Waals surface area contributed by atoms with Gasteiger partial charge in [0.25, 0.3) is 5.91 Å². The van der Waals surface area contributed by atoms with E-state index in [1.54, 1.807) is 49.6 Å². The number of benzene rings is 2. The molecule has 1 heterocycles. The summed E-state index contributed by atoms with van der Waals surface area (Å²) >= 11 is 7.19. The molecule has 4 atom stereocenters. The van der Waals surface area contributed by atoms with Crippen LogP contribution in [0.3, 0.4) is 0 Å². The Balaban J connectivity index is 1.50. The van der Waals surface area contributed by atoms with Gasteiger partial charge in [0.05, 0.1) is 37.4 Å². The highest BCUT2D eigenvalue weighted by Gasteiger charge is 2.52. The predicted octanol–water partition coefficient (Wildman–Crippen LogP) is 4.38. The van der Waals surface area contributed by atoms with Crippen LogP contribution >= 0.6 is 31.9 Å². The number of carbonyl (C=O) groups excluding carboxylic acids is 3. The van der Waals surface area contributed by atoms with Crippen molar-refractivity contribution in [3.8, 4) is 11.5 Å². The molecule has 0 radical (unpaired) electrons. The van der Waals surface area contributed by atoms with Crippen LogP contribution in [0.15, 0.2) is 42.5 Å². The second-order valence-corrected chi connectivity index (χ2v) is 10.1. The zero-order valence-corrected chi connectivity index (χ0v) is 20.7. The number of ether oxygens (including phenoxy) is 2. The molecular weight excluding hydrogens is 544 g/mol. The maximum Gasteiger partial charge on any atom is 0.255 e. The molecule has 1 aliphatic carbocycles. The fourth-order valence-electron chi connectivity index (χ4n) is 4.21. The molecular formula is C23H22Br2N2O5. The number of alkyl halides is 2. The molecule has 0 unspecified atom stereocenters. The van der Waals surface area contributed by atoms with Crippen molar-refractivity contribution in [2.24, 2.45) is 11.8 Å². The summed E-state index contributed by atoms with van der Waals surface area (Å²) in [7, 11) is 3.06. The molecule has 0 spiro atoms. The van der Waals surface area contributed by atoms with Crippen molar-refractivity contribution in [3.05, 3.63) is 48.0 Å². The number of fused-ring (bicyclic) bond motifs is 1. The highest BCUT2D eigenvalue weighted by Crippen LogP contribution is 2.44. The van der Waals surface area contributed by atoms with E-state index in [0.29, 0.717) is 41.3 Å². The maximum absolute atomic E-state index is 13.0. The Morgan fingerprint density at radius 1 is 0.938 bits per heavy atom. The SMILES string of the molecule is COc1ccc(NC(=O)c2ccc(N3C(=O)[C@@H]4C[C@H](Br)[C@@H](Br)C[C@H]4C3=O)cc2)c(OC)c1.